The molecule has 1 unspecified atom stereocenters. The van der Waals surface area contributed by atoms with Gasteiger partial charge in [0.05, 0.1) is 22.9 Å². The van der Waals surface area contributed by atoms with E-state index in [-0.39, 0.29) is 10.8 Å². The molecule has 1 aromatic heterocycles. The molecule has 8 heteroatoms. The Hall–Kier alpha value is -2.81. The smallest absolute Gasteiger partial charge is 0.274 e. The average molecular weight is 440 g/mol. The summed E-state index contributed by atoms with van der Waals surface area (Å²) < 4.78 is 29.2. The van der Waals surface area contributed by atoms with Gasteiger partial charge in [-0.25, -0.2) is 8.89 Å². The Bertz CT molecular complexity index is 1090. The maximum absolute atomic E-state index is 13.5. The van der Waals surface area contributed by atoms with Gasteiger partial charge < -0.3 is 14.2 Å². The molecular weight excluding hydrogens is 414 g/mol. The lowest BCUT2D eigenvalue weighted by Gasteiger charge is -2.19. The maximum Gasteiger partial charge on any atom is 0.274 e. The van der Waals surface area contributed by atoms with Crippen LogP contribution in [0.3, 0.4) is 0 Å². The topological polar surface area (TPSA) is 84.7 Å². The third-order valence-corrected chi connectivity index (χ3v) is 6.11. The van der Waals surface area contributed by atoms with Crippen molar-refractivity contribution < 1.29 is 18.3 Å². The second kappa shape index (κ2) is 9.55. The van der Waals surface area contributed by atoms with Gasteiger partial charge >= 0.3 is 0 Å². The first kappa shape index (κ1) is 21.4. The van der Waals surface area contributed by atoms with Crippen LogP contribution in [0.1, 0.15) is 29.4 Å². The van der Waals surface area contributed by atoms with E-state index in [1.165, 1.54) is 0 Å². The fraction of sp³-hybridized carbons (Fsp3) is 0.304. The van der Waals surface area contributed by atoms with Gasteiger partial charge in [0.25, 0.3) is 5.91 Å². The van der Waals surface area contributed by atoms with Gasteiger partial charge in [-0.2, -0.15) is 5.10 Å². The normalized spacial score (nSPS) is 15.5. The molecule has 1 fully saturated rings. The van der Waals surface area contributed by atoms with Gasteiger partial charge in [-0.05, 0) is 31.0 Å². The van der Waals surface area contributed by atoms with E-state index < -0.39 is 11.1 Å². The maximum atomic E-state index is 13.5. The third kappa shape index (κ3) is 4.32. The van der Waals surface area contributed by atoms with E-state index in [9.17, 15) is 13.6 Å². The molecule has 4 rings (SSSR count). The molecule has 1 N–H and O–H groups in total. The summed E-state index contributed by atoms with van der Waals surface area (Å²) in [6.07, 6.45) is 1.34. The Kier molecular flexibility index (Phi) is 6.60. The highest BCUT2D eigenvalue weighted by Gasteiger charge is 2.29. The predicted octanol–water partition coefficient (Wildman–Crippen LogP) is 3.54. The highest BCUT2D eigenvalue weighted by atomic mass is 32.2. The highest BCUT2D eigenvalue weighted by molar-refractivity contribution is 7.79. The van der Waals surface area contributed by atoms with Crippen molar-refractivity contribution in [3.63, 3.8) is 0 Å². The number of carbonyl (C=O) groups is 1. The third-order valence-electron chi connectivity index (χ3n) is 5.38. The molecule has 162 valence electrons. The molecule has 3 aromatic rings. The van der Waals surface area contributed by atoms with Crippen molar-refractivity contribution >= 4 is 17.0 Å². The summed E-state index contributed by atoms with van der Waals surface area (Å²) in [5.41, 5.74) is 3.18. The van der Waals surface area contributed by atoms with Gasteiger partial charge in [-0.15, -0.1) is 0 Å². The number of hydrogen-bond acceptors (Lipinski definition) is 4. The first-order valence-corrected chi connectivity index (χ1v) is 11.5. The molecule has 2 aromatic carbocycles. The minimum absolute atomic E-state index is 0.138. The monoisotopic (exact) mass is 439 g/mol. The quantitative estimate of drug-likeness (QED) is 0.615. The van der Waals surface area contributed by atoms with Crippen molar-refractivity contribution in [1.29, 1.82) is 0 Å². The van der Waals surface area contributed by atoms with E-state index in [1.54, 1.807) is 27.8 Å². The Balaban J connectivity index is 1.93. The van der Waals surface area contributed by atoms with Crippen molar-refractivity contribution in [3.05, 3.63) is 65.9 Å². The van der Waals surface area contributed by atoms with Crippen LogP contribution in [0.5, 0.6) is 0 Å². The summed E-state index contributed by atoms with van der Waals surface area (Å²) in [5, 5.41) is 4.74. The van der Waals surface area contributed by atoms with Gasteiger partial charge in [-0.3, -0.25) is 4.79 Å². The van der Waals surface area contributed by atoms with Crippen molar-refractivity contribution in [1.82, 2.24) is 14.7 Å². The summed E-state index contributed by atoms with van der Waals surface area (Å²) in [6.45, 7) is 4.26. The number of hydrogen-bond donors (Lipinski definition) is 1. The molecule has 2 heterocycles. The zero-order valence-electron chi connectivity index (χ0n) is 17.4. The van der Waals surface area contributed by atoms with Crippen molar-refractivity contribution in [2.45, 2.75) is 24.7 Å². The van der Waals surface area contributed by atoms with Gasteiger partial charge in [0.15, 0.2) is 16.8 Å². The molecule has 0 saturated carbocycles. The van der Waals surface area contributed by atoms with Crippen LogP contribution in [0.25, 0.3) is 16.9 Å². The summed E-state index contributed by atoms with van der Waals surface area (Å²) in [7, 11) is 0. The number of aromatic nitrogens is 2. The molecular formula is C23H25N3O4S. The van der Waals surface area contributed by atoms with Gasteiger partial charge in [0, 0.05) is 30.8 Å². The largest absolute Gasteiger partial charge is 0.380 e. The summed E-state index contributed by atoms with van der Waals surface area (Å²) >= 11 is -2.18. The molecule has 1 aliphatic rings. The standard InChI is InChI=1S/C23H25N3O4S/c1-2-18-21(23(27)25-13-8-15-30-16-14-25)24-26(17-9-4-3-5-10-17)22(18)19-11-6-7-12-20(19)31(28)29/h3-7,9-12H,2,8,13-16H2,1H3,(H,28,29). The van der Waals surface area contributed by atoms with Crippen molar-refractivity contribution in [3.8, 4) is 16.9 Å². The summed E-state index contributed by atoms with van der Waals surface area (Å²) in [5.74, 6) is -0.138. The first-order chi connectivity index (χ1) is 15.1. The lowest BCUT2D eigenvalue weighted by Crippen LogP contribution is -2.34. The number of rotatable bonds is 5. The van der Waals surface area contributed by atoms with Crippen LogP contribution in [0, 0.1) is 0 Å². The zero-order valence-corrected chi connectivity index (χ0v) is 18.2. The van der Waals surface area contributed by atoms with E-state index >= 15 is 0 Å². The Morgan fingerprint density at radius 1 is 1.10 bits per heavy atom. The van der Waals surface area contributed by atoms with Gasteiger partial charge in [-0.1, -0.05) is 43.3 Å². The minimum Gasteiger partial charge on any atom is -0.380 e. The van der Waals surface area contributed by atoms with Crippen molar-refractivity contribution in [2.24, 2.45) is 0 Å². The number of nitrogens with zero attached hydrogens (tertiary/aromatic N) is 3. The van der Waals surface area contributed by atoms with Gasteiger partial charge in [0.2, 0.25) is 0 Å². The minimum atomic E-state index is -2.18. The number of carbonyl (C=O) groups excluding carboxylic acids is 1. The zero-order chi connectivity index (χ0) is 21.8. The summed E-state index contributed by atoms with van der Waals surface area (Å²) in [4.78, 5) is 15.5. The second-order valence-corrected chi connectivity index (χ2v) is 8.22. The molecule has 1 atom stereocenters. The Labute approximate surface area is 183 Å². The van der Waals surface area contributed by atoms with E-state index in [0.29, 0.717) is 49.7 Å². The molecule has 7 nitrogen and oxygen atoms in total. The van der Waals surface area contributed by atoms with E-state index in [0.717, 1.165) is 17.7 Å². The van der Waals surface area contributed by atoms with Crippen LogP contribution in [-0.2, 0) is 22.2 Å². The van der Waals surface area contributed by atoms with E-state index in [1.807, 2.05) is 43.3 Å². The Morgan fingerprint density at radius 3 is 2.58 bits per heavy atom. The molecule has 0 bridgehead atoms. The van der Waals surface area contributed by atoms with Crippen LogP contribution < -0.4 is 0 Å². The average Bonchev–Trinajstić information content (AvgIpc) is 2.97. The molecule has 0 aliphatic carbocycles. The second-order valence-electron chi connectivity index (χ2n) is 7.28. The number of amides is 1. The van der Waals surface area contributed by atoms with Crippen LogP contribution in [-0.4, -0.2) is 55.7 Å². The SMILES string of the molecule is CCc1c(C(=O)N2CCCOCC2)nn(-c2ccccc2)c1-c1ccccc1S(=O)O. The number of benzene rings is 2. The molecule has 31 heavy (non-hydrogen) atoms. The summed E-state index contributed by atoms with van der Waals surface area (Å²) in [6, 6.07) is 16.5. The number of para-hydroxylation sites is 1. The fourth-order valence-electron chi connectivity index (χ4n) is 3.90. The lowest BCUT2D eigenvalue weighted by molar-refractivity contribution is 0.0734. The first-order valence-electron chi connectivity index (χ1n) is 10.4. The predicted molar refractivity (Wildman–Crippen MR) is 119 cm³/mol. The lowest BCUT2D eigenvalue weighted by atomic mass is 10.0. The molecule has 1 saturated heterocycles. The Morgan fingerprint density at radius 2 is 1.84 bits per heavy atom. The van der Waals surface area contributed by atoms with Crippen LogP contribution in [0.4, 0.5) is 0 Å². The molecule has 1 aliphatic heterocycles. The van der Waals surface area contributed by atoms with Crippen molar-refractivity contribution in [2.75, 3.05) is 26.3 Å². The molecule has 0 radical (unpaired) electrons. The molecule has 0 spiro atoms. The molecule has 1 amide bonds. The number of ether oxygens (including phenoxy) is 1. The highest BCUT2D eigenvalue weighted by Crippen LogP contribution is 2.34. The fourth-order valence-corrected chi connectivity index (χ4v) is 4.45. The van der Waals surface area contributed by atoms with Gasteiger partial charge in [0.1, 0.15) is 0 Å². The van der Waals surface area contributed by atoms with Crippen LogP contribution in [0.2, 0.25) is 0 Å². The van der Waals surface area contributed by atoms with Crippen LogP contribution in [0.15, 0.2) is 59.5 Å². The van der Waals surface area contributed by atoms with E-state index in [4.69, 9.17) is 9.84 Å². The van der Waals surface area contributed by atoms with E-state index in [2.05, 4.69) is 0 Å². The van der Waals surface area contributed by atoms with Crippen LogP contribution >= 0.6 is 0 Å².